The second-order valence-electron chi connectivity index (χ2n) is 6.49. The zero-order valence-electron chi connectivity index (χ0n) is 16.3. The molecule has 9 heteroatoms. The highest BCUT2D eigenvalue weighted by Crippen LogP contribution is 2.36. The summed E-state index contributed by atoms with van der Waals surface area (Å²) >= 11 is 6.27. The van der Waals surface area contributed by atoms with Crippen molar-refractivity contribution in [3.63, 3.8) is 0 Å². The Bertz CT molecular complexity index is 1020. The number of aliphatic imine (C=N–C) groups is 1. The summed E-state index contributed by atoms with van der Waals surface area (Å²) in [6.07, 6.45) is 3.20. The minimum atomic E-state index is -0.870. The number of amidine groups is 1. The molecule has 0 saturated heterocycles. The minimum Gasteiger partial charge on any atom is -0.466 e. The molecule has 1 aliphatic heterocycles. The number of hydrogen-bond donors (Lipinski definition) is 1. The maximum atomic E-state index is 13.6. The fourth-order valence-electron chi connectivity index (χ4n) is 2.96. The number of pyridine rings is 1. The summed E-state index contributed by atoms with van der Waals surface area (Å²) in [6.45, 7) is 1.21. The summed E-state index contributed by atoms with van der Waals surface area (Å²) < 4.78 is 24.0. The first-order chi connectivity index (χ1) is 14.4. The predicted octanol–water partition coefficient (Wildman–Crippen LogP) is 3.00. The molecular weight excluding hydrogens is 413 g/mol. The molecule has 1 aromatic heterocycles. The van der Waals surface area contributed by atoms with Gasteiger partial charge < -0.3 is 14.8 Å². The Morgan fingerprint density at radius 1 is 1.23 bits per heavy atom. The van der Waals surface area contributed by atoms with Crippen LogP contribution in [0.25, 0.3) is 0 Å². The van der Waals surface area contributed by atoms with Crippen molar-refractivity contribution >= 4 is 29.2 Å². The second kappa shape index (κ2) is 9.60. The largest absolute Gasteiger partial charge is 0.466 e. The van der Waals surface area contributed by atoms with Gasteiger partial charge in [0.15, 0.2) is 5.78 Å². The van der Waals surface area contributed by atoms with Crippen LogP contribution in [0.5, 0.6) is 0 Å². The Labute approximate surface area is 177 Å². The second-order valence-corrected chi connectivity index (χ2v) is 6.89. The maximum absolute atomic E-state index is 13.6. The molecule has 0 fully saturated rings. The van der Waals surface area contributed by atoms with Crippen molar-refractivity contribution in [2.45, 2.75) is 13.0 Å². The Morgan fingerprint density at radius 2 is 1.97 bits per heavy atom. The van der Waals surface area contributed by atoms with Crippen LogP contribution in [0.4, 0.5) is 4.39 Å². The molecule has 3 rings (SSSR count). The summed E-state index contributed by atoms with van der Waals surface area (Å²) in [7, 11) is 1.24. The monoisotopic (exact) mass is 431 g/mol. The lowest BCUT2D eigenvalue weighted by Gasteiger charge is -2.28. The predicted molar refractivity (Wildman–Crippen MR) is 109 cm³/mol. The topological polar surface area (TPSA) is 89.9 Å². The number of nitrogens with zero attached hydrogens (tertiary/aromatic N) is 2. The van der Waals surface area contributed by atoms with Crippen LogP contribution in [0.2, 0.25) is 5.02 Å². The van der Waals surface area contributed by atoms with Gasteiger partial charge in [0.1, 0.15) is 24.3 Å². The zero-order chi connectivity index (χ0) is 21.7. The van der Waals surface area contributed by atoms with Crippen LogP contribution in [-0.2, 0) is 19.1 Å². The van der Waals surface area contributed by atoms with Crippen LogP contribution >= 0.6 is 11.6 Å². The molecule has 7 nitrogen and oxygen atoms in total. The molecule has 2 heterocycles. The molecule has 1 atom stereocenters. The lowest BCUT2D eigenvalue weighted by atomic mass is 9.95. The van der Waals surface area contributed by atoms with Crippen molar-refractivity contribution in [3.8, 4) is 0 Å². The van der Waals surface area contributed by atoms with Gasteiger partial charge in [-0.3, -0.25) is 14.8 Å². The van der Waals surface area contributed by atoms with Gasteiger partial charge in [0.2, 0.25) is 0 Å². The van der Waals surface area contributed by atoms with Crippen molar-refractivity contribution in [3.05, 3.63) is 76.0 Å². The molecule has 1 N–H and O–H groups in total. The third-order valence-corrected chi connectivity index (χ3v) is 4.62. The first-order valence-corrected chi connectivity index (χ1v) is 9.37. The van der Waals surface area contributed by atoms with E-state index in [0.717, 1.165) is 6.07 Å². The number of nitrogens with one attached hydrogen (secondary N) is 1. The van der Waals surface area contributed by atoms with Gasteiger partial charge in [0, 0.05) is 28.5 Å². The number of ketones is 1. The van der Waals surface area contributed by atoms with Gasteiger partial charge in [-0.1, -0.05) is 17.7 Å². The van der Waals surface area contributed by atoms with Crippen molar-refractivity contribution < 1.29 is 23.5 Å². The summed E-state index contributed by atoms with van der Waals surface area (Å²) in [5.41, 5.74) is 1.67. The fourth-order valence-corrected chi connectivity index (χ4v) is 3.23. The number of esters is 1. The van der Waals surface area contributed by atoms with E-state index in [2.05, 4.69) is 15.3 Å². The Balaban J connectivity index is 2.12. The molecule has 0 bridgehead atoms. The van der Waals surface area contributed by atoms with Crippen LogP contribution < -0.4 is 5.32 Å². The van der Waals surface area contributed by atoms with E-state index in [1.807, 2.05) is 0 Å². The third kappa shape index (κ3) is 4.90. The van der Waals surface area contributed by atoms with Crippen molar-refractivity contribution in [1.29, 1.82) is 0 Å². The fraction of sp³-hybridized carbons (Fsp3) is 0.238. The van der Waals surface area contributed by atoms with E-state index in [-0.39, 0.29) is 29.6 Å². The third-order valence-electron chi connectivity index (χ3n) is 4.29. The summed E-state index contributed by atoms with van der Waals surface area (Å²) in [5.74, 6) is -0.875. The molecule has 0 aliphatic carbocycles. The standard InChI is InChI=1S/C21H19ClFN3O4/c1-12(27)10-30-11-17-18(21(28)29-2)19(15-4-3-14(23)9-16(15)22)26-20(25-17)13-5-7-24-8-6-13/h3-9,19H,10-11H2,1-2H3,(H,25,26). The summed E-state index contributed by atoms with van der Waals surface area (Å²) in [4.78, 5) is 32.5. The smallest absolute Gasteiger partial charge is 0.338 e. The van der Waals surface area contributed by atoms with E-state index in [9.17, 15) is 14.0 Å². The van der Waals surface area contributed by atoms with Crippen molar-refractivity contribution in [2.24, 2.45) is 4.99 Å². The van der Waals surface area contributed by atoms with Crippen LogP contribution in [0.3, 0.4) is 0 Å². The van der Waals surface area contributed by atoms with Gasteiger partial charge in [-0.2, -0.15) is 0 Å². The number of aromatic nitrogens is 1. The molecule has 156 valence electrons. The molecule has 1 aliphatic rings. The quantitative estimate of drug-likeness (QED) is 0.678. The van der Waals surface area contributed by atoms with Gasteiger partial charge in [-0.15, -0.1) is 0 Å². The molecule has 2 aromatic rings. The van der Waals surface area contributed by atoms with Gasteiger partial charge in [-0.25, -0.2) is 9.18 Å². The number of hydrogen-bond acceptors (Lipinski definition) is 7. The molecule has 30 heavy (non-hydrogen) atoms. The summed E-state index contributed by atoms with van der Waals surface area (Å²) in [5, 5.41) is 3.20. The number of rotatable bonds is 7. The number of carbonyl (C=O) groups excluding carboxylic acids is 2. The number of benzene rings is 1. The lowest BCUT2D eigenvalue weighted by Crippen LogP contribution is -2.36. The molecule has 1 aromatic carbocycles. The minimum absolute atomic E-state index is 0.0660. The van der Waals surface area contributed by atoms with Crippen molar-refractivity contribution in [1.82, 2.24) is 10.3 Å². The van der Waals surface area contributed by atoms with Gasteiger partial charge in [-0.05, 0) is 31.2 Å². The van der Waals surface area contributed by atoms with E-state index >= 15 is 0 Å². The Morgan fingerprint density at radius 3 is 2.60 bits per heavy atom. The average Bonchev–Trinajstić information content (AvgIpc) is 2.73. The number of Topliss-reactive ketones (excluding diaryl/α,β-unsaturated/α-hetero) is 1. The van der Waals surface area contributed by atoms with E-state index in [4.69, 9.17) is 21.1 Å². The van der Waals surface area contributed by atoms with Crippen LogP contribution in [0.1, 0.15) is 24.1 Å². The van der Waals surface area contributed by atoms with Crippen LogP contribution in [0, 0.1) is 5.82 Å². The van der Waals surface area contributed by atoms with E-state index in [0.29, 0.717) is 22.7 Å². The highest BCUT2D eigenvalue weighted by Gasteiger charge is 2.33. The number of ether oxygens (including phenoxy) is 2. The lowest BCUT2D eigenvalue weighted by molar-refractivity contribution is -0.136. The molecule has 0 saturated carbocycles. The van der Waals surface area contributed by atoms with Crippen LogP contribution in [-0.4, -0.2) is 42.9 Å². The van der Waals surface area contributed by atoms with Gasteiger partial charge >= 0.3 is 5.97 Å². The number of carbonyl (C=O) groups is 2. The Kier molecular flexibility index (Phi) is 6.91. The van der Waals surface area contributed by atoms with E-state index < -0.39 is 17.8 Å². The van der Waals surface area contributed by atoms with Gasteiger partial charge in [0.25, 0.3) is 0 Å². The van der Waals surface area contributed by atoms with Crippen molar-refractivity contribution in [2.75, 3.05) is 20.3 Å². The zero-order valence-corrected chi connectivity index (χ0v) is 17.1. The maximum Gasteiger partial charge on any atom is 0.338 e. The molecule has 0 amide bonds. The molecule has 0 spiro atoms. The Hall–Kier alpha value is -3.10. The number of methoxy groups -OCH3 is 1. The van der Waals surface area contributed by atoms with Crippen LogP contribution in [0.15, 0.2) is 59.0 Å². The van der Waals surface area contributed by atoms with Gasteiger partial charge in [0.05, 0.1) is 25.0 Å². The normalized spacial score (nSPS) is 16.0. The first kappa shape index (κ1) is 21.6. The molecular formula is C21H19ClFN3O4. The first-order valence-electron chi connectivity index (χ1n) is 8.99. The number of halogens is 2. The summed E-state index contributed by atoms with van der Waals surface area (Å²) in [6, 6.07) is 6.48. The molecule has 0 radical (unpaired) electrons. The van der Waals surface area contributed by atoms with E-state index in [1.165, 1.54) is 26.2 Å². The average molecular weight is 432 g/mol. The highest BCUT2D eigenvalue weighted by atomic mass is 35.5. The highest BCUT2D eigenvalue weighted by molar-refractivity contribution is 6.31. The van der Waals surface area contributed by atoms with E-state index in [1.54, 1.807) is 24.5 Å². The molecule has 1 unspecified atom stereocenters. The SMILES string of the molecule is COC(=O)C1=C(COCC(C)=O)NC(c2ccncc2)=NC1c1ccc(F)cc1Cl.